The third kappa shape index (κ3) is 3.22. The number of rotatable bonds is 3. The van der Waals surface area contributed by atoms with Crippen LogP contribution in [0.15, 0.2) is 34.4 Å². The molecule has 3 aromatic rings. The van der Waals surface area contributed by atoms with Crippen LogP contribution >= 0.6 is 22.9 Å². The Labute approximate surface area is 158 Å². The minimum absolute atomic E-state index is 0.102. The van der Waals surface area contributed by atoms with E-state index in [0.717, 1.165) is 25.9 Å². The molecule has 0 unspecified atom stereocenters. The van der Waals surface area contributed by atoms with Gasteiger partial charge in [-0.25, -0.2) is 9.37 Å². The number of anilines is 1. The zero-order valence-electron chi connectivity index (χ0n) is 14.0. The monoisotopic (exact) mass is 392 g/mol. The van der Waals surface area contributed by atoms with Crippen molar-refractivity contribution in [1.82, 2.24) is 9.55 Å². The van der Waals surface area contributed by atoms with Crippen molar-refractivity contribution in [2.75, 3.05) is 18.0 Å². The molecule has 0 aliphatic carbocycles. The average molecular weight is 393 g/mol. The van der Waals surface area contributed by atoms with Crippen molar-refractivity contribution in [3.05, 3.63) is 56.4 Å². The standard InChI is InChI=1S/C18H18ClFN4OS/c19-14-9-12(20)2-1-11(14)10-24-17(25)16-15(5-8-26-16)22-18(24)23-6-3-13(21)4-7-23/h1-2,5,8-9,13H,3-4,6-7,10,21H2. The lowest BCUT2D eigenvalue weighted by molar-refractivity contribution is 0.488. The molecular formula is C18H18ClFN4OS. The van der Waals surface area contributed by atoms with Gasteiger partial charge in [0.25, 0.3) is 5.56 Å². The van der Waals surface area contributed by atoms with E-state index in [2.05, 4.69) is 4.90 Å². The molecule has 4 rings (SSSR count). The second kappa shape index (κ2) is 6.98. The summed E-state index contributed by atoms with van der Waals surface area (Å²) in [6.07, 6.45) is 1.71. The van der Waals surface area contributed by atoms with Crippen molar-refractivity contribution < 1.29 is 4.39 Å². The van der Waals surface area contributed by atoms with E-state index >= 15 is 0 Å². The van der Waals surface area contributed by atoms with Crippen molar-refractivity contribution in [3.63, 3.8) is 0 Å². The number of aromatic nitrogens is 2. The van der Waals surface area contributed by atoms with E-state index in [9.17, 15) is 9.18 Å². The predicted octanol–water partition coefficient (Wildman–Crippen LogP) is 3.23. The molecule has 0 spiro atoms. The molecule has 2 N–H and O–H groups in total. The van der Waals surface area contributed by atoms with Crippen molar-refractivity contribution >= 4 is 39.1 Å². The fourth-order valence-electron chi connectivity index (χ4n) is 3.24. The van der Waals surface area contributed by atoms with Crippen LogP contribution in [-0.2, 0) is 6.54 Å². The minimum Gasteiger partial charge on any atom is -0.342 e. The SMILES string of the molecule is NC1CCN(c2nc3ccsc3c(=O)n2Cc2ccc(F)cc2Cl)CC1. The van der Waals surface area contributed by atoms with Crippen molar-refractivity contribution in [1.29, 1.82) is 0 Å². The summed E-state index contributed by atoms with van der Waals surface area (Å²) in [6, 6.07) is 6.26. The third-order valence-electron chi connectivity index (χ3n) is 4.71. The molecule has 1 aliphatic heterocycles. The number of thiophene rings is 1. The van der Waals surface area contributed by atoms with E-state index in [1.807, 2.05) is 11.4 Å². The summed E-state index contributed by atoms with van der Waals surface area (Å²) in [6.45, 7) is 1.75. The van der Waals surface area contributed by atoms with Crippen LogP contribution in [-0.4, -0.2) is 28.7 Å². The zero-order chi connectivity index (χ0) is 18.3. The van der Waals surface area contributed by atoms with Crippen molar-refractivity contribution in [3.8, 4) is 0 Å². The first kappa shape index (κ1) is 17.5. The Morgan fingerprint density at radius 3 is 2.81 bits per heavy atom. The normalized spacial score (nSPS) is 15.7. The lowest BCUT2D eigenvalue weighted by atomic mass is 10.1. The first-order valence-electron chi connectivity index (χ1n) is 8.45. The van der Waals surface area contributed by atoms with Gasteiger partial charge in [-0.1, -0.05) is 17.7 Å². The summed E-state index contributed by atoms with van der Waals surface area (Å²) in [5, 5.41) is 2.17. The zero-order valence-corrected chi connectivity index (χ0v) is 15.6. The maximum atomic E-state index is 13.4. The molecule has 0 radical (unpaired) electrons. The van der Waals surface area contributed by atoms with Gasteiger partial charge in [-0.2, -0.15) is 0 Å². The Morgan fingerprint density at radius 1 is 1.31 bits per heavy atom. The third-order valence-corrected chi connectivity index (χ3v) is 5.96. The summed E-state index contributed by atoms with van der Waals surface area (Å²) < 4.78 is 15.6. The first-order valence-corrected chi connectivity index (χ1v) is 9.71. The van der Waals surface area contributed by atoms with Crippen LogP contribution in [0.4, 0.5) is 10.3 Å². The summed E-state index contributed by atoms with van der Waals surface area (Å²) >= 11 is 7.56. The number of halogens is 2. The van der Waals surface area contributed by atoms with E-state index in [4.69, 9.17) is 22.3 Å². The molecule has 136 valence electrons. The molecule has 2 aromatic heterocycles. The largest absolute Gasteiger partial charge is 0.342 e. The number of hydrogen-bond acceptors (Lipinski definition) is 5. The van der Waals surface area contributed by atoms with Gasteiger partial charge in [-0.15, -0.1) is 11.3 Å². The molecule has 1 saturated heterocycles. The molecule has 0 atom stereocenters. The molecule has 3 heterocycles. The first-order chi connectivity index (χ1) is 12.5. The van der Waals surface area contributed by atoms with Crippen LogP contribution in [0.5, 0.6) is 0 Å². The lowest BCUT2D eigenvalue weighted by Gasteiger charge is -2.32. The van der Waals surface area contributed by atoms with Gasteiger partial charge in [0.1, 0.15) is 10.5 Å². The van der Waals surface area contributed by atoms with Gasteiger partial charge in [0.05, 0.1) is 12.1 Å². The Hall–Kier alpha value is -1.96. The van der Waals surface area contributed by atoms with Crippen molar-refractivity contribution in [2.45, 2.75) is 25.4 Å². The summed E-state index contributed by atoms with van der Waals surface area (Å²) in [5.74, 6) is 0.219. The smallest absolute Gasteiger partial charge is 0.273 e. The molecule has 1 aliphatic rings. The van der Waals surface area contributed by atoms with Crippen LogP contribution in [0.2, 0.25) is 5.02 Å². The number of hydrogen-bond donors (Lipinski definition) is 1. The van der Waals surface area contributed by atoms with Crippen LogP contribution < -0.4 is 16.2 Å². The summed E-state index contributed by atoms with van der Waals surface area (Å²) in [7, 11) is 0. The van der Waals surface area contributed by atoms with Gasteiger partial charge in [0.15, 0.2) is 0 Å². The van der Waals surface area contributed by atoms with Crippen LogP contribution in [0.25, 0.3) is 10.2 Å². The molecule has 0 amide bonds. The van der Waals surface area contributed by atoms with E-state index < -0.39 is 5.82 Å². The Kier molecular flexibility index (Phi) is 4.69. The minimum atomic E-state index is -0.400. The number of piperidine rings is 1. The molecule has 0 bridgehead atoms. The van der Waals surface area contributed by atoms with Gasteiger partial charge >= 0.3 is 0 Å². The van der Waals surface area contributed by atoms with Gasteiger partial charge in [0, 0.05) is 24.2 Å². The predicted molar refractivity (Wildman–Crippen MR) is 104 cm³/mol. The highest BCUT2D eigenvalue weighted by atomic mass is 35.5. The topological polar surface area (TPSA) is 64.2 Å². The lowest BCUT2D eigenvalue weighted by Crippen LogP contribution is -2.42. The second-order valence-electron chi connectivity index (χ2n) is 6.50. The Bertz CT molecular complexity index is 1010. The number of fused-ring (bicyclic) bond motifs is 1. The average Bonchev–Trinajstić information content (AvgIpc) is 3.09. The van der Waals surface area contributed by atoms with E-state index in [1.165, 1.54) is 23.5 Å². The summed E-state index contributed by atoms with van der Waals surface area (Å²) in [4.78, 5) is 19.9. The fourth-order valence-corrected chi connectivity index (χ4v) is 4.24. The van der Waals surface area contributed by atoms with Gasteiger partial charge in [0.2, 0.25) is 5.95 Å². The van der Waals surface area contributed by atoms with E-state index in [-0.39, 0.29) is 18.1 Å². The Morgan fingerprint density at radius 2 is 2.08 bits per heavy atom. The number of nitrogens with two attached hydrogens (primary N) is 1. The molecule has 8 heteroatoms. The quantitative estimate of drug-likeness (QED) is 0.743. The Balaban J connectivity index is 1.81. The molecular weight excluding hydrogens is 375 g/mol. The highest BCUT2D eigenvalue weighted by molar-refractivity contribution is 7.17. The van der Waals surface area contributed by atoms with Gasteiger partial charge in [-0.3, -0.25) is 9.36 Å². The van der Waals surface area contributed by atoms with E-state index in [1.54, 1.807) is 10.6 Å². The molecule has 0 saturated carbocycles. The highest BCUT2D eigenvalue weighted by Crippen LogP contribution is 2.24. The van der Waals surface area contributed by atoms with Crippen molar-refractivity contribution in [2.24, 2.45) is 5.73 Å². The fraction of sp³-hybridized carbons (Fsp3) is 0.333. The van der Waals surface area contributed by atoms with E-state index in [0.29, 0.717) is 26.8 Å². The van der Waals surface area contributed by atoms with Crippen LogP contribution in [0.1, 0.15) is 18.4 Å². The van der Waals surface area contributed by atoms with Gasteiger partial charge in [-0.05, 0) is 42.0 Å². The number of benzene rings is 1. The van der Waals surface area contributed by atoms with Crippen LogP contribution in [0, 0.1) is 5.82 Å². The maximum absolute atomic E-state index is 13.4. The summed E-state index contributed by atoms with van der Waals surface area (Å²) in [5.41, 5.74) is 7.29. The van der Waals surface area contributed by atoms with Gasteiger partial charge < -0.3 is 10.6 Å². The molecule has 1 aromatic carbocycles. The molecule has 5 nitrogen and oxygen atoms in total. The maximum Gasteiger partial charge on any atom is 0.273 e. The second-order valence-corrected chi connectivity index (χ2v) is 7.82. The number of nitrogens with zero attached hydrogens (tertiary/aromatic N) is 3. The highest BCUT2D eigenvalue weighted by Gasteiger charge is 2.22. The molecule has 1 fully saturated rings. The molecule has 26 heavy (non-hydrogen) atoms. The van der Waals surface area contributed by atoms with Crippen LogP contribution in [0.3, 0.4) is 0 Å².